The number of methoxy groups -OCH3 is 2. The van der Waals surface area contributed by atoms with Crippen LogP contribution < -0.4 is 20.1 Å². The molecule has 10 heteroatoms. The normalized spacial score (nSPS) is 12.0. The molecule has 3 rings (SSSR count). The van der Waals surface area contributed by atoms with Crippen LogP contribution in [0.1, 0.15) is 24.4 Å². The van der Waals surface area contributed by atoms with Gasteiger partial charge in [0.25, 0.3) is 0 Å². The number of hydrogen-bond acceptors (Lipinski definition) is 6. The number of aromatic nitrogens is 2. The molecule has 0 aliphatic heterocycles. The summed E-state index contributed by atoms with van der Waals surface area (Å²) in [5.74, 6) is 3.03. The highest BCUT2D eigenvalue weighted by Gasteiger charge is 2.15. The zero-order valence-corrected chi connectivity index (χ0v) is 20.8. The molecule has 1 aromatic heterocycles. The van der Waals surface area contributed by atoms with Crippen molar-refractivity contribution in [1.29, 1.82) is 0 Å². The van der Waals surface area contributed by atoms with Gasteiger partial charge in [-0.2, -0.15) is 4.98 Å². The van der Waals surface area contributed by atoms with Crippen LogP contribution in [0.2, 0.25) is 5.02 Å². The Balaban J connectivity index is 0.00000341. The summed E-state index contributed by atoms with van der Waals surface area (Å²) in [5.41, 5.74) is 1.78. The summed E-state index contributed by atoms with van der Waals surface area (Å²) in [4.78, 5) is 8.66. The zero-order chi connectivity index (χ0) is 21.5. The SMILES string of the molecule is CN=C(NCc1nc(-c2ccc(Cl)cc2)no1)NC(C)c1cc(OC)ccc1OC.I. The highest BCUT2D eigenvalue weighted by atomic mass is 127. The predicted octanol–water partition coefficient (Wildman–Crippen LogP) is 4.45. The summed E-state index contributed by atoms with van der Waals surface area (Å²) >= 11 is 5.92. The number of benzene rings is 2. The quantitative estimate of drug-likeness (QED) is 0.252. The van der Waals surface area contributed by atoms with E-state index >= 15 is 0 Å². The molecule has 0 saturated heterocycles. The van der Waals surface area contributed by atoms with E-state index in [1.54, 1.807) is 33.4 Å². The Morgan fingerprint density at radius 2 is 1.90 bits per heavy atom. The van der Waals surface area contributed by atoms with Crippen LogP contribution in [-0.2, 0) is 6.54 Å². The first kappa shape index (κ1) is 24.7. The van der Waals surface area contributed by atoms with Crippen molar-refractivity contribution in [2.24, 2.45) is 4.99 Å². The van der Waals surface area contributed by atoms with Crippen LogP contribution >= 0.6 is 35.6 Å². The van der Waals surface area contributed by atoms with Crippen molar-refractivity contribution in [1.82, 2.24) is 20.8 Å². The Kier molecular flexibility index (Phi) is 9.38. The van der Waals surface area contributed by atoms with Crippen LogP contribution in [0, 0.1) is 0 Å². The van der Waals surface area contributed by atoms with Gasteiger partial charge >= 0.3 is 0 Å². The molecule has 0 aliphatic rings. The number of aliphatic imine (C=N–C) groups is 1. The first-order chi connectivity index (χ1) is 14.5. The molecule has 0 radical (unpaired) electrons. The molecule has 1 atom stereocenters. The lowest BCUT2D eigenvalue weighted by molar-refractivity contribution is 0.375. The maximum absolute atomic E-state index is 5.92. The largest absolute Gasteiger partial charge is 0.497 e. The van der Waals surface area contributed by atoms with E-state index in [-0.39, 0.29) is 30.0 Å². The highest BCUT2D eigenvalue weighted by molar-refractivity contribution is 14.0. The van der Waals surface area contributed by atoms with Gasteiger partial charge in [0.15, 0.2) is 5.96 Å². The minimum Gasteiger partial charge on any atom is -0.497 e. The lowest BCUT2D eigenvalue weighted by Gasteiger charge is -2.20. The topological polar surface area (TPSA) is 93.8 Å². The van der Waals surface area contributed by atoms with Gasteiger partial charge in [-0.15, -0.1) is 24.0 Å². The standard InChI is InChI=1S/C21H24ClN5O3.HI/c1-13(17-11-16(28-3)9-10-18(17)29-4)25-21(23-2)24-12-19-26-20(27-30-19)14-5-7-15(22)8-6-14;/h5-11,13H,12H2,1-4H3,(H2,23,24,25);1H. The fraction of sp³-hybridized carbons (Fsp3) is 0.286. The van der Waals surface area contributed by atoms with Gasteiger partial charge in [0.1, 0.15) is 11.5 Å². The molecule has 0 aliphatic carbocycles. The minimum atomic E-state index is -0.0893. The summed E-state index contributed by atoms with van der Waals surface area (Å²) < 4.78 is 16.1. The summed E-state index contributed by atoms with van der Waals surface area (Å²) in [5, 5.41) is 11.2. The monoisotopic (exact) mass is 557 g/mol. The van der Waals surface area contributed by atoms with Crippen LogP contribution in [0.4, 0.5) is 0 Å². The van der Waals surface area contributed by atoms with E-state index in [4.69, 9.17) is 25.6 Å². The number of nitrogens with zero attached hydrogens (tertiary/aromatic N) is 3. The van der Waals surface area contributed by atoms with E-state index in [2.05, 4.69) is 25.8 Å². The van der Waals surface area contributed by atoms with Gasteiger partial charge in [0.2, 0.25) is 11.7 Å². The van der Waals surface area contributed by atoms with Crippen molar-refractivity contribution in [2.45, 2.75) is 19.5 Å². The van der Waals surface area contributed by atoms with E-state index in [9.17, 15) is 0 Å². The average molecular weight is 558 g/mol. The van der Waals surface area contributed by atoms with Crippen molar-refractivity contribution in [3.8, 4) is 22.9 Å². The van der Waals surface area contributed by atoms with Gasteiger partial charge in [-0.3, -0.25) is 4.99 Å². The molecule has 1 unspecified atom stereocenters. The fourth-order valence-electron chi connectivity index (χ4n) is 2.86. The van der Waals surface area contributed by atoms with Gasteiger partial charge in [-0.05, 0) is 49.4 Å². The molecule has 8 nitrogen and oxygen atoms in total. The van der Waals surface area contributed by atoms with Crippen molar-refractivity contribution < 1.29 is 14.0 Å². The third kappa shape index (κ3) is 6.47. The Labute approximate surface area is 203 Å². The first-order valence-electron chi connectivity index (χ1n) is 9.31. The average Bonchev–Trinajstić information content (AvgIpc) is 3.25. The molecule has 31 heavy (non-hydrogen) atoms. The fourth-order valence-corrected chi connectivity index (χ4v) is 2.98. The van der Waals surface area contributed by atoms with Crippen LogP contribution in [0.3, 0.4) is 0 Å². The Morgan fingerprint density at radius 3 is 2.55 bits per heavy atom. The molecule has 0 amide bonds. The molecule has 3 aromatic rings. The molecule has 0 saturated carbocycles. The molecule has 1 heterocycles. The summed E-state index contributed by atoms with van der Waals surface area (Å²) in [6.07, 6.45) is 0. The highest BCUT2D eigenvalue weighted by Crippen LogP contribution is 2.29. The molecule has 0 spiro atoms. The van der Waals surface area contributed by atoms with Crippen LogP contribution in [-0.4, -0.2) is 37.4 Å². The Hall–Kier alpha value is -2.53. The zero-order valence-electron chi connectivity index (χ0n) is 17.7. The minimum absolute atomic E-state index is 0. The predicted molar refractivity (Wildman–Crippen MR) is 131 cm³/mol. The number of halogens is 2. The maximum atomic E-state index is 5.92. The molecule has 2 N–H and O–H groups in total. The van der Waals surface area contributed by atoms with E-state index in [0.29, 0.717) is 29.2 Å². The number of guanidine groups is 1. The Bertz CT molecular complexity index is 1010. The molecule has 166 valence electrons. The molecule has 0 bridgehead atoms. The van der Waals surface area contributed by atoms with Crippen LogP contribution in [0.25, 0.3) is 11.4 Å². The van der Waals surface area contributed by atoms with E-state index in [1.807, 2.05) is 37.3 Å². The first-order valence-corrected chi connectivity index (χ1v) is 9.69. The van der Waals surface area contributed by atoms with Crippen molar-refractivity contribution >= 4 is 41.5 Å². The molecule has 0 fully saturated rings. The second-order valence-corrected chi connectivity index (χ2v) is 6.85. The maximum Gasteiger partial charge on any atom is 0.246 e. The summed E-state index contributed by atoms with van der Waals surface area (Å²) in [7, 11) is 4.96. The summed E-state index contributed by atoms with van der Waals surface area (Å²) in [6.45, 7) is 2.33. The van der Waals surface area contributed by atoms with Crippen molar-refractivity contribution in [3.05, 3.63) is 58.9 Å². The van der Waals surface area contributed by atoms with Crippen molar-refractivity contribution in [3.63, 3.8) is 0 Å². The van der Waals surface area contributed by atoms with Crippen LogP contribution in [0.5, 0.6) is 11.5 Å². The third-order valence-corrected chi connectivity index (χ3v) is 4.71. The van der Waals surface area contributed by atoms with Gasteiger partial charge in [-0.1, -0.05) is 16.8 Å². The number of ether oxygens (including phenoxy) is 2. The number of nitrogens with one attached hydrogen (secondary N) is 2. The van der Waals surface area contributed by atoms with Crippen LogP contribution in [0.15, 0.2) is 52.0 Å². The molecular formula is C21H25ClIN5O3. The smallest absolute Gasteiger partial charge is 0.246 e. The third-order valence-electron chi connectivity index (χ3n) is 4.46. The van der Waals surface area contributed by atoms with Crippen molar-refractivity contribution in [2.75, 3.05) is 21.3 Å². The lowest BCUT2D eigenvalue weighted by Crippen LogP contribution is -2.38. The van der Waals surface area contributed by atoms with Gasteiger partial charge < -0.3 is 24.6 Å². The van der Waals surface area contributed by atoms with E-state index in [0.717, 1.165) is 22.6 Å². The number of rotatable bonds is 7. The molecular weight excluding hydrogens is 533 g/mol. The van der Waals surface area contributed by atoms with E-state index < -0.39 is 0 Å². The van der Waals surface area contributed by atoms with Gasteiger partial charge in [0.05, 0.1) is 26.8 Å². The van der Waals surface area contributed by atoms with E-state index in [1.165, 1.54) is 0 Å². The molecule has 2 aromatic carbocycles. The van der Waals surface area contributed by atoms with Gasteiger partial charge in [0, 0.05) is 23.2 Å². The lowest BCUT2D eigenvalue weighted by atomic mass is 10.1. The second-order valence-electron chi connectivity index (χ2n) is 6.42. The number of hydrogen-bond donors (Lipinski definition) is 2. The second kappa shape index (κ2) is 11.8. The summed E-state index contributed by atoms with van der Waals surface area (Å²) in [6, 6.07) is 12.8. The Morgan fingerprint density at radius 1 is 1.16 bits per heavy atom. The van der Waals surface area contributed by atoms with Gasteiger partial charge in [-0.25, -0.2) is 0 Å².